The summed E-state index contributed by atoms with van der Waals surface area (Å²) < 4.78 is 4.80. The lowest BCUT2D eigenvalue weighted by Gasteiger charge is -2.04. The van der Waals surface area contributed by atoms with E-state index in [1.807, 2.05) is 0 Å². The van der Waals surface area contributed by atoms with E-state index >= 15 is 0 Å². The Bertz CT molecular complexity index is 470. The SMILES string of the molecule is CCOC(=O)C(C)=C=CC(O)c1ccc(Cl)cc1. The smallest absolute Gasteiger partial charge is 0.341 e. The quantitative estimate of drug-likeness (QED) is 0.518. The maximum atomic E-state index is 11.3. The second kappa shape index (κ2) is 7.02. The lowest BCUT2D eigenvalue weighted by molar-refractivity contribution is -0.138. The molecule has 1 rings (SSSR count). The molecule has 1 aromatic carbocycles. The molecule has 0 aliphatic rings. The number of hydrogen-bond acceptors (Lipinski definition) is 3. The van der Waals surface area contributed by atoms with Crippen molar-refractivity contribution in [2.75, 3.05) is 6.61 Å². The molecule has 0 aliphatic carbocycles. The summed E-state index contributed by atoms with van der Waals surface area (Å²) in [5, 5.41) is 10.5. The third-order valence-electron chi connectivity index (χ3n) is 2.25. The van der Waals surface area contributed by atoms with Crippen LogP contribution < -0.4 is 0 Å². The number of carbonyl (C=O) groups excluding carboxylic acids is 1. The van der Waals surface area contributed by atoms with Crippen molar-refractivity contribution in [3.63, 3.8) is 0 Å². The van der Waals surface area contributed by atoms with Gasteiger partial charge in [-0.15, -0.1) is 5.73 Å². The van der Waals surface area contributed by atoms with Gasteiger partial charge in [0, 0.05) is 5.02 Å². The first kappa shape index (κ1) is 14.5. The van der Waals surface area contributed by atoms with Crippen molar-refractivity contribution < 1.29 is 14.6 Å². The van der Waals surface area contributed by atoms with Crippen molar-refractivity contribution >= 4 is 17.6 Å². The zero-order valence-electron chi connectivity index (χ0n) is 10.3. The largest absolute Gasteiger partial charge is 0.462 e. The number of aliphatic hydroxyl groups excluding tert-OH is 1. The Morgan fingerprint density at radius 3 is 2.67 bits per heavy atom. The monoisotopic (exact) mass is 266 g/mol. The Kier molecular flexibility index (Phi) is 5.66. The third-order valence-corrected chi connectivity index (χ3v) is 2.50. The molecule has 0 radical (unpaired) electrons. The standard InChI is InChI=1S/C14H15ClO3/c1-3-18-14(17)10(2)4-9-13(16)11-5-7-12(15)8-6-11/h5-9,13,16H,3H2,1-2H3. The van der Waals surface area contributed by atoms with Crippen LogP contribution in [0.4, 0.5) is 0 Å². The normalized spacial score (nSPS) is 11.3. The molecule has 18 heavy (non-hydrogen) atoms. The highest BCUT2D eigenvalue weighted by Gasteiger charge is 2.05. The van der Waals surface area contributed by atoms with Crippen molar-refractivity contribution in [3.8, 4) is 0 Å². The highest BCUT2D eigenvalue weighted by atomic mass is 35.5. The molecule has 3 nitrogen and oxygen atoms in total. The average molecular weight is 267 g/mol. The van der Waals surface area contributed by atoms with Gasteiger partial charge in [0.05, 0.1) is 12.2 Å². The first-order valence-electron chi connectivity index (χ1n) is 5.58. The summed E-state index contributed by atoms with van der Waals surface area (Å²) in [6.45, 7) is 3.64. The summed E-state index contributed by atoms with van der Waals surface area (Å²) in [5.74, 6) is -0.433. The highest BCUT2D eigenvalue weighted by molar-refractivity contribution is 6.30. The van der Waals surface area contributed by atoms with Gasteiger partial charge in [-0.1, -0.05) is 23.7 Å². The van der Waals surface area contributed by atoms with Crippen LogP contribution >= 0.6 is 11.6 Å². The van der Waals surface area contributed by atoms with Crippen LogP contribution in [-0.2, 0) is 9.53 Å². The van der Waals surface area contributed by atoms with Crippen LogP contribution in [0.5, 0.6) is 0 Å². The molecule has 0 saturated heterocycles. The van der Waals surface area contributed by atoms with Crippen LogP contribution in [0, 0.1) is 0 Å². The van der Waals surface area contributed by atoms with Gasteiger partial charge in [-0.2, -0.15) is 0 Å². The first-order valence-corrected chi connectivity index (χ1v) is 5.96. The number of carbonyl (C=O) groups is 1. The summed E-state index contributed by atoms with van der Waals surface area (Å²) in [6.07, 6.45) is 0.585. The van der Waals surface area contributed by atoms with E-state index in [1.54, 1.807) is 38.1 Å². The van der Waals surface area contributed by atoms with Crippen molar-refractivity contribution in [1.29, 1.82) is 0 Å². The van der Waals surface area contributed by atoms with Gasteiger partial charge in [0.1, 0.15) is 6.10 Å². The molecule has 1 N–H and O–H groups in total. The number of esters is 1. The molecular formula is C14H15ClO3. The third kappa shape index (κ3) is 4.38. The van der Waals surface area contributed by atoms with Crippen molar-refractivity contribution in [2.24, 2.45) is 0 Å². The molecule has 0 saturated carbocycles. The molecule has 0 aliphatic heterocycles. The average Bonchev–Trinajstić information content (AvgIpc) is 2.36. The van der Waals surface area contributed by atoms with E-state index < -0.39 is 12.1 Å². The fraction of sp³-hybridized carbons (Fsp3) is 0.286. The van der Waals surface area contributed by atoms with E-state index in [0.717, 1.165) is 0 Å². The molecule has 4 heteroatoms. The van der Waals surface area contributed by atoms with Gasteiger partial charge in [-0.25, -0.2) is 4.79 Å². The Hall–Kier alpha value is -1.54. The van der Waals surface area contributed by atoms with Crippen LogP contribution in [0.15, 0.2) is 41.6 Å². The van der Waals surface area contributed by atoms with Crippen LogP contribution in [0.2, 0.25) is 5.02 Å². The second-order valence-corrected chi connectivity index (χ2v) is 4.09. The van der Waals surface area contributed by atoms with Gasteiger partial charge >= 0.3 is 5.97 Å². The van der Waals surface area contributed by atoms with E-state index in [4.69, 9.17) is 16.3 Å². The number of halogens is 1. The summed E-state index contributed by atoms with van der Waals surface area (Å²) >= 11 is 5.75. The van der Waals surface area contributed by atoms with Gasteiger partial charge in [-0.3, -0.25) is 0 Å². The Labute approximate surface area is 111 Å². The minimum atomic E-state index is -0.827. The molecule has 1 aromatic rings. The number of ether oxygens (including phenoxy) is 1. The number of hydrogen-bond donors (Lipinski definition) is 1. The fourth-order valence-corrected chi connectivity index (χ4v) is 1.38. The molecule has 1 atom stereocenters. The molecule has 0 aromatic heterocycles. The van der Waals surface area contributed by atoms with Crippen LogP contribution in [0.1, 0.15) is 25.5 Å². The van der Waals surface area contributed by atoms with Crippen LogP contribution in [0.25, 0.3) is 0 Å². The number of rotatable bonds is 4. The number of benzene rings is 1. The lowest BCUT2D eigenvalue weighted by atomic mass is 10.1. The molecule has 0 bridgehead atoms. The lowest BCUT2D eigenvalue weighted by Crippen LogP contribution is -2.04. The van der Waals surface area contributed by atoms with E-state index in [2.05, 4.69) is 5.73 Å². The maximum absolute atomic E-state index is 11.3. The van der Waals surface area contributed by atoms with Gasteiger partial charge in [-0.05, 0) is 37.6 Å². The van der Waals surface area contributed by atoms with Crippen LogP contribution in [-0.4, -0.2) is 17.7 Å². The van der Waals surface area contributed by atoms with Crippen LogP contribution in [0.3, 0.4) is 0 Å². The summed E-state index contributed by atoms with van der Waals surface area (Å²) in [6, 6.07) is 6.81. The maximum Gasteiger partial charge on any atom is 0.341 e. The summed E-state index contributed by atoms with van der Waals surface area (Å²) in [7, 11) is 0. The molecule has 0 amide bonds. The van der Waals surface area contributed by atoms with Crippen molar-refractivity contribution in [1.82, 2.24) is 0 Å². The molecule has 0 fully saturated rings. The Balaban J connectivity index is 2.80. The van der Waals surface area contributed by atoms with E-state index in [1.165, 1.54) is 6.08 Å². The molecule has 1 unspecified atom stereocenters. The molecule has 0 spiro atoms. The number of aliphatic hydroxyl groups is 1. The second-order valence-electron chi connectivity index (χ2n) is 3.65. The fourth-order valence-electron chi connectivity index (χ4n) is 1.26. The first-order chi connectivity index (χ1) is 8.54. The topological polar surface area (TPSA) is 46.5 Å². The minimum absolute atomic E-state index is 0.317. The van der Waals surface area contributed by atoms with E-state index in [0.29, 0.717) is 22.8 Å². The highest BCUT2D eigenvalue weighted by Crippen LogP contribution is 2.17. The van der Waals surface area contributed by atoms with Gasteiger partial charge < -0.3 is 9.84 Å². The zero-order chi connectivity index (χ0) is 13.5. The van der Waals surface area contributed by atoms with E-state index in [9.17, 15) is 9.90 Å². The molecule has 96 valence electrons. The van der Waals surface area contributed by atoms with Crippen molar-refractivity contribution in [2.45, 2.75) is 20.0 Å². The molecular weight excluding hydrogens is 252 g/mol. The van der Waals surface area contributed by atoms with Gasteiger partial charge in [0.25, 0.3) is 0 Å². The minimum Gasteiger partial charge on any atom is -0.462 e. The molecule has 0 heterocycles. The zero-order valence-corrected chi connectivity index (χ0v) is 11.1. The summed E-state index contributed by atoms with van der Waals surface area (Å²) in [4.78, 5) is 11.3. The van der Waals surface area contributed by atoms with Gasteiger partial charge in [0.2, 0.25) is 0 Å². The predicted molar refractivity (Wildman–Crippen MR) is 70.3 cm³/mol. The Morgan fingerprint density at radius 1 is 1.50 bits per heavy atom. The summed E-state index contributed by atoms with van der Waals surface area (Å²) in [5.41, 5.74) is 3.72. The van der Waals surface area contributed by atoms with E-state index in [-0.39, 0.29) is 0 Å². The van der Waals surface area contributed by atoms with Gasteiger partial charge in [0.15, 0.2) is 0 Å². The van der Waals surface area contributed by atoms with Crippen molar-refractivity contribution in [3.05, 3.63) is 52.2 Å². The Morgan fingerprint density at radius 2 is 2.11 bits per heavy atom. The predicted octanol–water partition coefficient (Wildman–Crippen LogP) is 3.04.